The molecule has 1 heterocycles. The molecular weight excluding hydrogens is 378 g/mol. The summed E-state index contributed by atoms with van der Waals surface area (Å²) in [6.07, 6.45) is 3.52. The molecule has 6 nitrogen and oxygen atoms in total. The van der Waals surface area contributed by atoms with Gasteiger partial charge in [0, 0.05) is 26.7 Å². The van der Waals surface area contributed by atoms with Crippen molar-refractivity contribution in [2.45, 2.75) is 25.8 Å². The van der Waals surface area contributed by atoms with Crippen LogP contribution in [0.25, 0.3) is 0 Å². The lowest BCUT2D eigenvalue weighted by molar-refractivity contribution is 0.259. The van der Waals surface area contributed by atoms with E-state index < -0.39 is 0 Å². The van der Waals surface area contributed by atoms with E-state index in [-0.39, 0.29) is 0 Å². The summed E-state index contributed by atoms with van der Waals surface area (Å²) < 4.78 is 16.3. The summed E-state index contributed by atoms with van der Waals surface area (Å²) in [5, 5.41) is 3.48. The molecule has 6 heteroatoms. The molecule has 0 atom stereocenters. The van der Waals surface area contributed by atoms with Gasteiger partial charge in [0.1, 0.15) is 0 Å². The zero-order chi connectivity index (χ0) is 21.3. The van der Waals surface area contributed by atoms with Crippen LogP contribution in [0.4, 0.5) is 0 Å². The molecule has 0 radical (unpaired) electrons. The average molecular weight is 412 g/mol. The number of aliphatic imine (C=N–C) groups is 1. The van der Waals surface area contributed by atoms with Crippen LogP contribution in [0.15, 0.2) is 47.5 Å². The second-order valence-corrected chi connectivity index (χ2v) is 7.55. The van der Waals surface area contributed by atoms with Gasteiger partial charge in [-0.3, -0.25) is 4.99 Å². The fourth-order valence-corrected chi connectivity index (χ4v) is 4.05. The van der Waals surface area contributed by atoms with E-state index in [9.17, 15) is 0 Å². The first-order valence-electron chi connectivity index (χ1n) is 10.5. The predicted molar refractivity (Wildman–Crippen MR) is 121 cm³/mol. The third-order valence-electron chi connectivity index (χ3n) is 5.67. The molecule has 1 fully saturated rings. The fourth-order valence-electron chi connectivity index (χ4n) is 4.05. The first kappa shape index (κ1) is 21.8. The molecule has 0 amide bonds. The Morgan fingerprint density at radius 2 is 1.60 bits per heavy atom. The molecule has 2 aromatic rings. The van der Waals surface area contributed by atoms with Gasteiger partial charge >= 0.3 is 0 Å². The first-order valence-corrected chi connectivity index (χ1v) is 10.5. The van der Waals surface area contributed by atoms with Crippen LogP contribution in [0, 0.1) is 5.92 Å². The van der Waals surface area contributed by atoms with E-state index in [4.69, 9.17) is 14.2 Å². The Kier molecular flexibility index (Phi) is 7.82. The van der Waals surface area contributed by atoms with Gasteiger partial charge in [-0.05, 0) is 48.4 Å². The fraction of sp³-hybridized carbons (Fsp3) is 0.458. The number of nitrogens with zero attached hydrogens (tertiary/aromatic N) is 2. The maximum atomic E-state index is 5.46. The van der Waals surface area contributed by atoms with E-state index in [1.807, 2.05) is 19.2 Å². The number of guanidine groups is 1. The molecular formula is C24H33N3O3. The Labute approximate surface area is 179 Å². The van der Waals surface area contributed by atoms with Gasteiger partial charge in [-0.1, -0.05) is 30.3 Å². The van der Waals surface area contributed by atoms with Crippen molar-refractivity contribution in [1.29, 1.82) is 0 Å². The van der Waals surface area contributed by atoms with Crippen LogP contribution in [0.3, 0.4) is 0 Å². The zero-order valence-corrected chi connectivity index (χ0v) is 18.5. The maximum absolute atomic E-state index is 5.46. The molecule has 0 spiro atoms. The van der Waals surface area contributed by atoms with E-state index >= 15 is 0 Å². The molecule has 1 saturated heterocycles. The number of rotatable bonds is 7. The lowest BCUT2D eigenvalue weighted by Gasteiger charge is -2.34. The van der Waals surface area contributed by atoms with Crippen LogP contribution < -0.4 is 19.5 Å². The number of methoxy groups -OCH3 is 3. The van der Waals surface area contributed by atoms with Gasteiger partial charge < -0.3 is 24.4 Å². The third-order valence-corrected chi connectivity index (χ3v) is 5.67. The average Bonchev–Trinajstić information content (AvgIpc) is 2.80. The molecule has 1 aliphatic rings. The number of hydrogen-bond acceptors (Lipinski definition) is 4. The largest absolute Gasteiger partial charge is 0.493 e. The van der Waals surface area contributed by atoms with E-state index in [0.29, 0.717) is 23.8 Å². The van der Waals surface area contributed by atoms with Gasteiger partial charge in [-0.15, -0.1) is 0 Å². The van der Waals surface area contributed by atoms with Crippen LogP contribution in [0.2, 0.25) is 0 Å². The molecule has 0 aliphatic carbocycles. The highest BCUT2D eigenvalue weighted by molar-refractivity contribution is 5.80. The maximum Gasteiger partial charge on any atom is 0.203 e. The molecule has 0 saturated carbocycles. The van der Waals surface area contributed by atoms with Crippen molar-refractivity contribution in [3.8, 4) is 17.2 Å². The summed E-state index contributed by atoms with van der Waals surface area (Å²) in [6, 6.07) is 14.7. The molecule has 2 aromatic carbocycles. The summed E-state index contributed by atoms with van der Waals surface area (Å²) in [6.45, 7) is 2.67. The summed E-state index contributed by atoms with van der Waals surface area (Å²) >= 11 is 0. The van der Waals surface area contributed by atoms with Crippen molar-refractivity contribution < 1.29 is 14.2 Å². The number of ether oxygens (including phenoxy) is 3. The van der Waals surface area contributed by atoms with Crippen LogP contribution in [0.1, 0.15) is 24.0 Å². The second kappa shape index (κ2) is 10.8. The second-order valence-electron chi connectivity index (χ2n) is 7.55. The normalized spacial score (nSPS) is 15.1. The van der Waals surface area contributed by atoms with Crippen molar-refractivity contribution in [1.82, 2.24) is 10.2 Å². The van der Waals surface area contributed by atoms with Crippen LogP contribution in [-0.2, 0) is 13.0 Å². The minimum Gasteiger partial charge on any atom is -0.493 e. The number of benzene rings is 2. The summed E-state index contributed by atoms with van der Waals surface area (Å²) in [4.78, 5) is 6.85. The van der Waals surface area contributed by atoms with Crippen LogP contribution >= 0.6 is 0 Å². The highest BCUT2D eigenvalue weighted by atomic mass is 16.5. The highest BCUT2D eigenvalue weighted by Gasteiger charge is 2.22. The lowest BCUT2D eigenvalue weighted by Crippen LogP contribution is -2.45. The van der Waals surface area contributed by atoms with Gasteiger partial charge in [-0.2, -0.15) is 0 Å². The zero-order valence-electron chi connectivity index (χ0n) is 18.5. The van der Waals surface area contributed by atoms with Gasteiger partial charge in [0.2, 0.25) is 5.75 Å². The van der Waals surface area contributed by atoms with Crippen LogP contribution in [0.5, 0.6) is 17.2 Å². The first-order chi connectivity index (χ1) is 14.7. The van der Waals surface area contributed by atoms with Crippen molar-refractivity contribution in [3.05, 3.63) is 53.6 Å². The Bertz CT molecular complexity index is 806. The van der Waals surface area contributed by atoms with E-state index in [0.717, 1.165) is 37.0 Å². The lowest BCUT2D eigenvalue weighted by atomic mass is 9.90. The van der Waals surface area contributed by atoms with Gasteiger partial charge in [-0.25, -0.2) is 0 Å². The minimum absolute atomic E-state index is 0.605. The topological polar surface area (TPSA) is 55.3 Å². The predicted octanol–water partition coefficient (Wildman–Crippen LogP) is 3.74. The Morgan fingerprint density at radius 3 is 2.13 bits per heavy atom. The van der Waals surface area contributed by atoms with Gasteiger partial charge in [0.15, 0.2) is 17.5 Å². The Balaban J connectivity index is 1.57. The van der Waals surface area contributed by atoms with Crippen molar-refractivity contribution >= 4 is 5.96 Å². The van der Waals surface area contributed by atoms with Gasteiger partial charge in [0.25, 0.3) is 0 Å². The van der Waals surface area contributed by atoms with E-state index in [2.05, 4.69) is 45.5 Å². The smallest absolute Gasteiger partial charge is 0.203 e. The number of likely N-dealkylation sites (tertiary alicyclic amines) is 1. The summed E-state index contributed by atoms with van der Waals surface area (Å²) in [5.41, 5.74) is 2.48. The van der Waals surface area contributed by atoms with Crippen molar-refractivity contribution in [2.75, 3.05) is 41.5 Å². The summed E-state index contributed by atoms with van der Waals surface area (Å²) in [5.74, 6) is 3.59. The molecule has 0 unspecified atom stereocenters. The molecule has 0 bridgehead atoms. The van der Waals surface area contributed by atoms with Crippen LogP contribution in [-0.4, -0.2) is 52.3 Å². The van der Waals surface area contributed by atoms with E-state index in [1.54, 1.807) is 21.3 Å². The SMILES string of the molecule is CN=C(NCc1cc(OC)c(OC)c(OC)c1)N1CCC(Cc2ccccc2)CC1. The molecule has 3 rings (SSSR count). The molecule has 0 aromatic heterocycles. The number of nitrogens with one attached hydrogen (secondary N) is 1. The molecule has 1 aliphatic heterocycles. The number of piperidine rings is 1. The quantitative estimate of drug-likeness (QED) is 0.556. The molecule has 162 valence electrons. The van der Waals surface area contributed by atoms with E-state index in [1.165, 1.54) is 18.4 Å². The standard InChI is InChI=1S/C24H33N3O3/c1-25-24(26-17-20-15-21(28-2)23(30-4)22(16-20)29-3)27-12-10-19(11-13-27)14-18-8-6-5-7-9-18/h5-9,15-16,19H,10-14,17H2,1-4H3,(H,25,26). The third kappa shape index (κ3) is 5.38. The Morgan fingerprint density at radius 1 is 0.967 bits per heavy atom. The Hall–Kier alpha value is -2.89. The monoisotopic (exact) mass is 411 g/mol. The summed E-state index contributed by atoms with van der Waals surface area (Å²) in [7, 11) is 6.72. The molecule has 30 heavy (non-hydrogen) atoms. The molecule has 1 N–H and O–H groups in total. The van der Waals surface area contributed by atoms with Crippen molar-refractivity contribution in [3.63, 3.8) is 0 Å². The number of hydrogen-bond donors (Lipinski definition) is 1. The highest BCUT2D eigenvalue weighted by Crippen LogP contribution is 2.38. The minimum atomic E-state index is 0.605. The van der Waals surface area contributed by atoms with Crippen molar-refractivity contribution in [2.24, 2.45) is 10.9 Å². The van der Waals surface area contributed by atoms with Gasteiger partial charge in [0.05, 0.1) is 21.3 Å².